The van der Waals surface area contributed by atoms with Gasteiger partial charge in [-0.05, 0) is 60.3 Å². The summed E-state index contributed by atoms with van der Waals surface area (Å²) in [5.74, 6) is 1.11. The number of pyridine rings is 1. The average molecular weight is 312 g/mol. The molecule has 1 fully saturated rings. The molecule has 0 atom stereocenters. The predicted molar refractivity (Wildman–Crippen MR) is 79.9 cm³/mol. The second-order valence-electron chi connectivity index (χ2n) is 5.07. The molecule has 4 heteroatoms. The summed E-state index contributed by atoms with van der Waals surface area (Å²) in [6.45, 7) is 3.89. The van der Waals surface area contributed by atoms with Gasteiger partial charge in [0.15, 0.2) is 0 Å². The monoisotopic (exact) mass is 311 g/mol. The lowest BCUT2D eigenvalue weighted by Crippen LogP contribution is -2.35. The van der Waals surface area contributed by atoms with Crippen molar-refractivity contribution in [3.63, 3.8) is 0 Å². The van der Waals surface area contributed by atoms with Gasteiger partial charge in [-0.3, -0.25) is 0 Å². The number of nitrogens with zero attached hydrogens (tertiary/aromatic N) is 2. The van der Waals surface area contributed by atoms with Crippen LogP contribution in [0.25, 0.3) is 0 Å². The van der Waals surface area contributed by atoms with Gasteiger partial charge in [0.1, 0.15) is 5.82 Å². The van der Waals surface area contributed by atoms with E-state index in [1.807, 2.05) is 6.20 Å². The molecule has 18 heavy (non-hydrogen) atoms. The highest BCUT2D eigenvalue weighted by Gasteiger charge is 2.23. The van der Waals surface area contributed by atoms with E-state index >= 15 is 0 Å². The summed E-state index contributed by atoms with van der Waals surface area (Å²) in [6.07, 6.45) is 8.23. The molecular formula is C14H22BrN3. The van der Waals surface area contributed by atoms with E-state index in [1.165, 1.54) is 31.2 Å². The Morgan fingerprint density at radius 3 is 2.78 bits per heavy atom. The van der Waals surface area contributed by atoms with Gasteiger partial charge in [0.25, 0.3) is 0 Å². The maximum Gasteiger partial charge on any atom is 0.129 e. The van der Waals surface area contributed by atoms with E-state index in [0.717, 1.165) is 29.8 Å². The molecule has 1 aromatic rings. The molecule has 0 aromatic carbocycles. The smallest absolute Gasteiger partial charge is 0.129 e. The fraction of sp³-hybridized carbons (Fsp3) is 0.643. The summed E-state index contributed by atoms with van der Waals surface area (Å²) in [5, 5.41) is 0. The van der Waals surface area contributed by atoms with Crippen molar-refractivity contribution in [2.24, 2.45) is 5.73 Å². The third-order valence-electron chi connectivity index (χ3n) is 3.70. The Balaban J connectivity index is 2.17. The highest BCUT2D eigenvalue weighted by atomic mass is 79.9. The number of aryl methyl sites for hydroxylation is 1. The van der Waals surface area contributed by atoms with E-state index < -0.39 is 0 Å². The van der Waals surface area contributed by atoms with Gasteiger partial charge in [-0.25, -0.2) is 4.98 Å². The van der Waals surface area contributed by atoms with Crippen LogP contribution < -0.4 is 10.6 Å². The molecule has 1 saturated carbocycles. The van der Waals surface area contributed by atoms with Crippen LogP contribution in [0.1, 0.15) is 37.7 Å². The zero-order chi connectivity index (χ0) is 13.0. The average Bonchev–Trinajstić information content (AvgIpc) is 2.88. The molecule has 0 amide bonds. The molecular weight excluding hydrogens is 290 g/mol. The van der Waals surface area contributed by atoms with Gasteiger partial charge >= 0.3 is 0 Å². The van der Waals surface area contributed by atoms with Crippen LogP contribution in [-0.4, -0.2) is 24.1 Å². The Labute approximate surface area is 118 Å². The molecule has 0 bridgehead atoms. The Bertz CT molecular complexity index is 389. The van der Waals surface area contributed by atoms with Crippen molar-refractivity contribution in [1.29, 1.82) is 0 Å². The predicted octanol–water partition coefficient (Wildman–Crippen LogP) is 3.25. The molecule has 0 aliphatic heterocycles. The minimum atomic E-state index is 0.657. The van der Waals surface area contributed by atoms with Crippen molar-refractivity contribution in [3.8, 4) is 0 Å². The fourth-order valence-corrected chi connectivity index (χ4v) is 2.86. The topological polar surface area (TPSA) is 42.1 Å². The number of hydrogen-bond donors (Lipinski definition) is 1. The number of hydrogen-bond acceptors (Lipinski definition) is 3. The molecule has 2 rings (SSSR count). The van der Waals surface area contributed by atoms with Gasteiger partial charge in [0.05, 0.1) is 0 Å². The molecule has 1 aliphatic rings. The van der Waals surface area contributed by atoms with Crippen LogP contribution in [0.3, 0.4) is 0 Å². The van der Waals surface area contributed by atoms with E-state index in [-0.39, 0.29) is 0 Å². The Morgan fingerprint density at radius 1 is 1.44 bits per heavy atom. The van der Waals surface area contributed by atoms with Gasteiger partial charge < -0.3 is 10.6 Å². The van der Waals surface area contributed by atoms with Crippen LogP contribution in [0.2, 0.25) is 0 Å². The first-order valence-corrected chi connectivity index (χ1v) is 7.60. The number of halogens is 1. The van der Waals surface area contributed by atoms with E-state index in [1.54, 1.807) is 0 Å². The zero-order valence-electron chi connectivity index (χ0n) is 11.0. The van der Waals surface area contributed by atoms with Crippen LogP contribution in [-0.2, 0) is 0 Å². The third kappa shape index (κ3) is 3.23. The van der Waals surface area contributed by atoms with Crippen molar-refractivity contribution < 1.29 is 0 Å². The molecule has 2 N–H and O–H groups in total. The number of aromatic nitrogens is 1. The number of rotatable bonds is 5. The fourth-order valence-electron chi connectivity index (χ4n) is 2.64. The lowest BCUT2D eigenvalue weighted by atomic mass is 10.2. The molecule has 100 valence electrons. The lowest BCUT2D eigenvalue weighted by molar-refractivity contribution is 0.587. The van der Waals surface area contributed by atoms with Crippen LogP contribution >= 0.6 is 15.9 Å². The third-order valence-corrected chi connectivity index (χ3v) is 4.53. The van der Waals surface area contributed by atoms with Crippen molar-refractivity contribution in [2.45, 2.75) is 45.1 Å². The second-order valence-corrected chi connectivity index (χ2v) is 5.92. The summed E-state index contributed by atoms with van der Waals surface area (Å²) in [6, 6.07) is 2.84. The van der Waals surface area contributed by atoms with E-state index in [9.17, 15) is 0 Å². The number of nitrogens with two attached hydrogens (primary N) is 1. The molecule has 1 heterocycles. The summed E-state index contributed by atoms with van der Waals surface area (Å²) < 4.78 is 1.08. The van der Waals surface area contributed by atoms with Crippen LogP contribution in [0.4, 0.5) is 5.82 Å². The molecule has 3 nitrogen and oxygen atoms in total. The Morgan fingerprint density at radius 2 is 2.17 bits per heavy atom. The van der Waals surface area contributed by atoms with Gasteiger partial charge in [0.2, 0.25) is 0 Å². The van der Waals surface area contributed by atoms with Gasteiger partial charge in [-0.1, -0.05) is 12.8 Å². The van der Waals surface area contributed by atoms with Gasteiger partial charge in [0, 0.05) is 23.3 Å². The van der Waals surface area contributed by atoms with Crippen LogP contribution in [0.5, 0.6) is 0 Å². The first-order valence-electron chi connectivity index (χ1n) is 6.81. The molecule has 0 unspecified atom stereocenters. The Kier molecular flexibility index (Phi) is 5.01. The Hall–Kier alpha value is -0.610. The molecule has 0 saturated heterocycles. The molecule has 1 aliphatic carbocycles. The summed E-state index contributed by atoms with van der Waals surface area (Å²) in [5.41, 5.74) is 6.90. The van der Waals surface area contributed by atoms with Crippen LogP contribution in [0.15, 0.2) is 16.7 Å². The highest BCUT2D eigenvalue weighted by molar-refractivity contribution is 9.10. The molecule has 0 spiro atoms. The first-order chi connectivity index (χ1) is 8.72. The molecule has 0 radical (unpaired) electrons. The minimum absolute atomic E-state index is 0.657. The number of anilines is 1. The zero-order valence-corrected chi connectivity index (χ0v) is 12.6. The lowest BCUT2D eigenvalue weighted by Gasteiger charge is -2.30. The summed E-state index contributed by atoms with van der Waals surface area (Å²) in [7, 11) is 0. The standard InChI is InChI=1S/C14H22BrN3/c1-11-9-14(17-10-13(11)15)18(8-4-7-16)12-5-2-3-6-12/h9-10,12H,2-8,16H2,1H3. The normalized spacial score (nSPS) is 16.2. The second kappa shape index (κ2) is 6.53. The van der Waals surface area contributed by atoms with E-state index in [0.29, 0.717) is 6.04 Å². The highest BCUT2D eigenvalue weighted by Crippen LogP contribution is 2.28. The van der Waals surface area contributed by atoms with Crippen molar-refractivity contribution in [3.05, 3.63) is 22.3 Å². The largest absolute Gasteiger partial charge is 0.354 e. The summed E-state index contributed by atoms with van der Waals surface area (Å²) in [4.78, 5) is 7.03. The maximum absolute atomic E-state index is 5.65. The summed E-state index contributed by atoms with van der Waals surface area (Å²) >= 11 is 3.51. The first kappa shape index (κ1) is 13.8. The van der Waals surface area contributed by atoms with Crippen LogP contribution in [0, 0.1) is 6.92 Å². The molecule has 1 aromatic heterocycles. The quantitative estimate of drug-likeness (QED) is 0.907. The van der Waals surface area contributed by atoms with Gasteiger partial charge in [-0.15, -0.1) is 0 Å². The van der Waals surface area contributed by atoms with Crippen molar-refractivity contribution in [1.82, 2.24) is 4.98 Å². The maximum atomic E-state index is 5.65. The van der Waals surface area contributed by atoms with E-state index in [4.69, 9.17) is 5.73 Å². The SMILES string of the molecule is Cc1cc(N(CCCN)C2CCCC2)ncc1Br. The van der Waals surface area contributed by atoms with E-state index in [2.05, 4.69) is 38.8 Å². The van der Waals surface area contributed by atoms with Crippen molar-refractivity contribution in [2.75, 3.05) is 18.0 Å². The van der Waals surface area contributed by atoms with Gasteiger partial charge in [-0.2, -0.15) is 0 Å². The van der Waals surface area contributed by atoms with Crippen molar-refractivity contribution >= 4 is 21.7 Å². The minimum Gasteiger partial charge on any atom is -0.354 e.